The van der Waals surface area contributed by atoms with E-state index in [4.69, 9.17) is 4.74 Å². The quantitative estimate of drug-likeness (QED) is 0.486. The predicted molar refractivity (Wildman–Crippen MR) is 77.5 cm³/mol. The minimum atomic E-state index is -0.373. The largest absolute Gasteiger partial charge is 0.461 e. The van der Waals surface area contributed by atoms with Crippen LogP contribution in [0.3, 0.4) is 0 Å². The molecule has 0 radical (unpaired) electrons. The Hall–Kier alpha value is -1.05. The molecule has 0 rings (SSSR count). The SMILES string of the molecule is C/C=C(\C)CC/C=C(\C)COC(=O)C(C)(C)CC. The maximum Gasteiger partial charge on any atom is 0.311 e. The molecule has 0 N–H and O–H groups in total. The molecule has 0 saturated heterocycles. The third kappa shape index (κ3) is 6.63. The molecule has 0 fully saturated rings. The standard InChI is InChI=1S/C16H28O2/c1-7-13(3)10-9-11-14(4)12-18-15(17)16(5,6)8-2/h7,11H,8-10,12H2,1-6H3/b13-7+,14-11+. The maximum absolute atomic E-state index is 11.8. The third-order valence-electron chi connectivity index (χ3n) is 3.39. The third-order valence-corrected chi connectivity index (χ3v) is 3.39. The Morgan fingerprint density at radius 2 is 1.83 bits per heavy atom. The molecular weight excluding hydrogens is 224 g/mol. The van der Waals surface area contributed by atoms with Gasteiger partial charge in [-0.05, 0) is 59.5 Å². The second-order valence-corrected chi connectivity index (χ2v) is 5.54. The molecule has 18 heavy (non-hydrogen) atoms. The minimum Gasteiger partial charge on any atom is -0.461 e. The van der Waals surface area contributed by atoms with Crippen molar-refractivity contribution in [3.8, 4) is 0 Å². The average Bonchev–Trinajstić information content (AvgIpc) is 2.35. The summed E-state index contributed by atoms with van der Waals surface area (Å²) >= 11 is 0. The predicted octanol–water partition coefficient (Wildman–Crippen LogP) is 4.66. The highest BCUT2D eigenvalue weighted by molar-refractivity contribution is 5.75. The molecule has 0 atom stereocenters. The van der Waals surface area contributed by atoms with Crippen LogP contribution in [0, 0.1) is 5.41 Å². The van der Waals surface area contributed by atoms with Crippen molar-refractivity contribution in [3.63, 3.8) is 0 Å². The molecule has 0 aromatic carbocycles. The first-order valence-corrected chi connectivity index (χ1v) is 6.78. The summed E-state index contributed by atoms with van der Waals surface area (Å²) in [5.74, 6) is -0.109. The second-order valence-electron chi connectivity index (χ2n) is 5.54. The highest BCUT2D eigenvalue weighted by atomic mass is 16.5. The van der Waals surface area contributed by atoms with Crippen molar-refractivity contribution < 1.29 is 9.53 Å². The van der Waals surface area contributed by atoms with Crippen molar-refractivity contribution in [3.05, 3.63) is 23.3 Å². The molecule has 0 spiro atoms. The van der Waals surface area contributed by atoms with Crippen LogP contribution in [0.1, 0.15) is 60.8 Å². The second kappa shape index (κ2) is 8.12. The van der Waals surface area contributed by atoms with Crippen molar-refractivity contribution in [1.29, 1.82) is 0 Å². The Balaban J connectivity index is 4.07. The van der Waals surface area contributed by atoms with Crippen LogP contribution in [-0.4, -0.2) is 12.6 Å². The fraction of sp³-hybridized carbons (Fsp3) is 0.688. The molecule has 0 amide bonds. The molecule has 0 unspecified atom stereocenters. The van der Waals surface area contributed by atoms with Crippen molar-refractivity contribution >= 4 is 5.97 Å². The molecule has 0 aromatic heterocycles. The highest BCUT2D eigenvalue weighted by Crippen LogP contribution is 2.21. The first-order chi connectivity index (χ1) is 8.33. The average molecular weight is 252 g/mol. The van der Waals surface area contributed by atoms with Gasteiger partial charge in [0.15, 0.2) is 0 Å². The summed E-state index contributed by atoms with van der Waals surface area (Å²) in [6.07, 6.45) is 7.17. The molecule has 104 valence electrons. The van der Waals surface area contributed by atoms with Gasteiger partial charge in [0.1, 0.15) is 6.61 Å². The van der Waals surface area contributed by atoms with Crippen molar-refractivity contribution in [2.75, 3.05) is 6.61 Å². The lowest BCUT2D eigenvalue weighted by atomic mass is 9.91. The molecule has 2 nitrogen and oxygen atoms in total. The van der Waals surface area contributed by atoms with Gasteiger partial charge in [-0.1, -0.05) is 24.6 Å². The monoisotopic (exact) mass is 252 g/mol. The molecule has 0 saturated carbocycles. The first-order valence-electron chi connectivity index (χ1n) is 6.78. The lowest BCUT2D eigenvalue weighted by Crippen LogP contribution is -2.26. The zero-order chi connectivity index (χ0) is 14.2. The molecule has 0 bridgehead atoms. The maximum atomic E-state index is 11.8. The summed E-state index contributed by atoms with van der Waals surface area (Å²) in [7, 11) is 0. The van der Waals surface area contributed by atoms with Crippen LogP contribution in [-0.2, 0) is 9.53 Å². The Morgan fingerprint density at radius 1 is 1.22 bits per heavy atom. The summed E-state index contributed by atoms with van der Waals surface area (Å²) in [6, 6.07) is 0. The van der Waals surface area contributed by atoms with E-state index >= 15 is 0 Å². The van der Waals surface area contributed by atoms with E-state index in [-0.39, 0.29) is 11.4 Å². The number of rotatable bonds is 7. The fourth-order valence-electron chi connectivity index (χ4n) is 1.27. The van der Waals surface area contributed by atoms with Gasteiger partial charge >= 0.3 is 5.97 Å². The summed E-state index contributed by atoms with van der Waals surface area (Å²) < 4.78 is 5.32. The zero-order valence-corrected chi connectivity index (χ0v) is 12.8. The minimum absolute atomic E-state index is 0.109. The fourth-order valence-corrected chi connectivity index (χ4v) is 1.27. The van der Waals surface area contributed by atoms with Gasteiger partial charge in [0.05, 0.1) is 5.41 Å². The van der Waals surface area contributed by atoms with E-state index in [1.165, 1.54) is 5.57 Å². The van der Waals surface area contributed by atoms with Crippen molar-refractivity contribution in [1.82, 2.24) is 0 Å². The normalized spacial score (nSPS) is 13.7. The molecule has 0 heterocycles. The lowest BCUT2D eigenvalue weighted by Gasteiger charge is -2.20. The van der Waals surface area contributed by atoms with Gasteiger partial charge in [0, 0.05) is 0 Å². The summed E-state index contributed by atoms with van der Waals surface area (Å²) in [6.45, 7) is 12.5. The topological polar surface area (TPSA) is 26.3 Å². The van der Waals surface area contributed by atoms with E-state index in [0.717, 1.165) is 24.8 Å². The summed E-state index contributed by atoms with van der Waals surface area (Å²) in [4.78, 5) is 11.8. The summed E-state index contributed by atoms with van der Waals surface area (Å²) in [5.41, 5.74) is 2.14. The highest BCUT2D eigenvalue weighted by Gasteiger charge is 2.26. The lowest BCUT2D eigenvalue weighted by molar-refractivity contribution is -0.153. The van der Waals surface area contributed by atoms with Gasteiger partial charge in [0.2, 0.25) is 0 Å². The Morgan fingerprint density at radius 3 is 2.33 bits per heavy atom. The van der Waals surface area contributed by atoms with Crippen LogP contribution in [0.2, 0.25) is 0 Å². The van der Waals surface area contributed by atoms with E-state index < -0.39 is 0 Å². The number of esters is 1. The van der Waals surface area contributed by atoms with Crippen molar-refractivity contribution in [2.24, 2.45) is 5.41 Å². The molecule has 0 aliphatic carbocycles. The van der Waals surface area contributed by atoms with Crippen LogP contribution < -0.4 is 0 Å². The molecule has 0 aromatic rings. The smallest absolute Gasteiger partial charge is 0.311 e. The Kier molecular flexibility index (Phi) is 7.65. The molecule has 0 aliphatic heterocycles. The summed E-state index contributed by atoms with van der Waals surface area (Å²) in [5, 5.41) is 0. The molecule has 2 heteroatoms. The van der Waals surface area contributed by atoms with Crippen molar-refractivity contribution in [2.45, 2.75) is 60.8 Å². The van der Waals surface area contributed by atoms with Crippen LogP contribution in [0.15, 0.2) is 23.3 Å². The van der Waals surface area contributed by atoms with E-state index in [2.05, 4.69) is 26.0 Å². The van der Waals surface area contributed by atoms with E-state index in [1.54, 1.807) is 0 Å². The number of carbonyl (C=O) groups excluding carboxylic acids is 1. The number of hydrogen-bond donors (Lipinski definition) is 0. The van der Waals surface area contributed by atoms with Gasteiger partial charge in [-0.25, -0.2) is 0 Å². The van der Waals surface area contributed by atoms with Gasteiger partial charge in [0.25, 0.3) is 0 Å². The molecular formula is C16H28O2. The van der Waals surface area contributed by atoms with Crippen LogP contribution in [0.5, 0.6) is 0 Å². The van der Waals surface area contributed by atoms with Crippen LogP contribution in [0.25, 0.3) is 0 Å². The number of hydrogen-bond acceptors (Lipinski definition) is 2. The zero-order valence-electron chi connectivity index (χ0n) is 12.8. The first kappa shape index (κ1) is 16.9. The van der Waals surface area contributed by atoms with Gasteiger partial charge < -0.3 is 4.74 Å². The number of allylic oxidation sites excluding steroid dienone is 3. The Bertz CT molecular complexity index is 322. The van der Waals surface area contributed by atoms with Gasteiger partial charge in [-0.3, -0.25) is 4.79 Å². The number of carbonyl (C=O) groups is 1. The van der Waals surface area contributed by atoms with Crippen LogP contribution in [0.4, 0.5) is 0 Å². The number of ether oxygens (including phenoxy) is 1. The van der Waals surface area contributed by atoms with E-state index in [0.29, 0.717) is 6.61 Å². The Labute approximate surface area is 112 Å². The van der Waals surface area contributed by atoms with E-state index in [1.807, 2.05) is 27.7 Å². The van der Waals surface area contributed by atoms with Gasteiger partial charge in [-0.2, -0.15) is 0 Å². The van der Waals surface area contributed by atoms with E-state index in [9.17, 15) is 4.79 Å². The molecule has 0 aliphatic rings. The van der Waals surface area contributed by atoms with Gasteiger partial charge in [-0.15, -0.1) is 0 Å². The van der Waals surface area contributed by atoms with Crippen LogP contribution >= 0.6 is 0 Å².